The summed E-state index contributed by atoms with van der Waals surface area (Å²) in [5.74, 6) is 0.222. The Balaban J connectivity index is 1.30. The third-order valence-corrected chi connectivity index (χ3v) is 6.34. The van der Waals surface area contributed by atoms with E-state index in [1.807, 2.05) is 48.5 Å². The first-order chi connectivity index (χ1) is 14.6. The Labute approximate surface area is 174 Å². The van der Waals surface area contributed by atoms with Gasteiger partial charge in [0.25, 0.3) is 0 Å². The Hall–Kier alpha value is -3.15. The molecule has 1 saturated heterocycles. The van der Waals surface area contributed by atoms with Crippen LogP contribution in [0, 0.1) is 11.8 Å². The number of fused-ring (bicyclic) bond motifs is 3. The summed E-state index contributed by atoms with van der Waals surface area (Å²) in [5, 5.41) is 0. The fourth-order valence-electron chi connectivity index (χ4n) is 4.84. The monoisotopic (exact) mass is 405 g/mol. The molecule has 6 heteroatoms. The molecule has 154 valence electrons. The first kappa shape index (κ1) is 18.9. The Morgan fingerprint density at radius 1 is 0.900 bits per heavy atom. The van der Waals surface area contributed by atoms with E-state index in [0.29, 0.717) is 11.5 Å². The standard InChI is InChI=1S/C24H23NO5/c26-21(13-14-25-23(27)15-7-1-2-8-16(15)24(25)28)30-22-17-9-3-5-11-19(17)29-20-12-6-4-10-18(20)22/h3-6,9-12,15-16,22H,1-2,7-8,13-14H2/t15-,16+. The molecule has 30 heavy (non-hydrogen) atoms. The number of ether oxygens (including phenoxy) is 2. The lowest BCUT2D eigenvalue weighted by Gasteiger charge is -2.28. The number of amides is 2. The zero-order valence-corrected chi connectivity index (χ0v) is 16.6. The van der Waals surface area contributed by atoms with E-state index in [0.717, 1.165) is 36.8 Å². The molecule has 2 heterocycles. The minimum atomic E-state index is -0.578. The van der Waals surface area contributed by atoms with Gasteiger partial charge in [-0.15, -0.1) is 0 Å². The molecule has 0 bridgehead atoms. The van der Waals surface area contributed by atoms with Crippen LogP contribution in [0.1, 0.15) is 49.3 Å². The molecule has 1 aliphatic carbocycles. The number of imide groups is 1. The number of carbonyl (C=O) groups is 3. The Morgan fingerprint density at radius 3 is 2.00 bits per heavy atom. The number of nitrogens with zero attached hydrogens (tertiary/aromatic N) is 1. The summed E-state index contributed by atoms with van der Waals surface area (Å²) < 4.78 is 11.7. The van der Waals surface area contributed by atoms with Crippen molar-refractivity contribution in [3.8, 4) is 11.5 Å². The smallest absolute Gasteiger partial charge is 0.308 e. The van der Waals surface area contributed by atoms with E-state index in [4.69, 9.17) is 9.47 Å². The van der Waals surface area contributed by atoms with E-state index in [2.05, 4.69) is 0 Å². The van der Waals surface area contributed by atoms with E-state index in [1.54, 1.807) is 0 Å². The third kappa shape index (κ3) is 3.16. The van der Waals surface area contributed by atoms with Crippen LogP contribution in [0.5, 0.6) is 11.5 Å². The summed E-state index contributed by atoms with van der Waals surface area (Å²) in [6.45, 7) is 0.0794. The van der Waals surface area contributed by atoms with Crippen LogP contribution >= 0.6 is 0 Å². The SMILES string of the molecule is O=C(CCN1C(=O)[C@H]2CCCC[C@H]2C1=O)OC1c2ccccc2Oc2ccccc21. The van der Waals surface area contributed by atoms with Gasteiger partial charge in [0, 0.05) is 17.7 Å². The topological polar surface area (TPSA) is 72.9 Å². The average molecular weight is 405 g/mol. The number of carbonyl (C=O) groups excluding carboxylic acids is 3. The second-order valence-electron chi connectivity index (χ2n) is 8.12. The van der Waals surface area contributed by atoms with Gasteiger partial charge in [-0.3, -0.25) is 19.3 Å². The number of likely N-dealkylation sites (tertiary alicyclic amines) is 1. The molecule has 3 aliphatic rings. The van der Waals surface area contributed by atoms with Gasteiger partial charge in [0.1, 0.15) is 11.5 Å². The highest BCUT2D eigenvalue weighted by molar-refractivity contribution is 6.05. The molecule has 2 fully saturated rings. The van der Waals surface area contributed by atoms with Crippen molar-refractivity contribution in [3.05, 3.63) is 59.7 Å². The van der Waals surface area contributed by atoms with Gasteiger partial charge in [0.15, 0.2) is 6.10 Å². The fraction of sp³-hybridized carbons (Fsp3) is 0.375. The van der Waals surface area contributed by atoms with Crippen molar-refractivity contribution in [1.82, 2.24) is 4.90 Å². The van der Waals surface area contributed by atoms with E-state index < -0.39 is 12.1 Å². The summed E-state index contributed by atoms with van der Waals surface area (Å²) in [4.78, 5) is 39.2. The molecule has 2 aromatic carbocycles. The summed E-state index contributed by atoms with van der Waals surface area (Å²) in [5.41, 5.74) is 1.56. The maximum atomic E-state index is 12.7. The van der Waals surface area contributed by atoms with E-state index >= 15 is 0 Å². The van der Waals surface area contributed by atoms with Gasteiger partial charge in [-0.25, -0.2) is 0 Å². The van der Waals surface area contributed by atoms with Crippen LogP contribution < -0.4 is 4.74 Å². The molecule has 5 rings (SSSR count). The van der Waals surface area contributed by atoms with Gasteiger partial charge in [-0.2, -0.15) is 0 Å². The third-order valence-electron chi connectivity index (χ3n) is 6.34. The second-order valence-corrected chi connectivity index (χ2v) is 8.12. The number of esters is 1. The van der Waals surface area contributed by atoms with Gasteiger partial charge in [-0.05, 0) is 25.0 Å². The van der Waals surface area contributed by atoms with E-state index in [9.17, 15) is 14.4 Å². The lowest BCUT2D eigenvalue weighted by molar-refractivity contribution is -0.149. The molecule has 0 spiro atoms. The molecule has 2 aromatic rings. The van der Waals surface area contributed by atoms with Crippen LogP contribution in [0.3, 0.4) is 0 Å². The summed E-state index contributed by atoms with van der Waals surface area (Å²) >= 11 is 0. The number of hydrogen-bond donors (Lipinski definition) is 0. The average Bonchev–Trinajstić information content (AvgIpc) is 3.02. The van der Waals surface area contributed by atoms with E-state index in [1.165, 1.54) is 4.90 Å². The molecule has 2 amide bonds. The lowest BCUT2D eigenvalue weighted by Crippen LogP contribution is -2.33. The molecular weight excluding hydrogens is 382 g/mol. The molecule has 1 saturated carbocycles. The number of rotatable bonds is 4. The first-order valence-corrected chi connectivity index (χ1v) is 10.5. The normalized spacial score (nSPS) is 22.7. The van der Waals surface area contributed by atoms with Crippen molar-refractivity contribution < 1.29 is 23.9 Å². The van der Waals surface area contributed by atoms with Crippen molar-refractivity contribution in [2.45, 2.75) is 38.2 Å². The molecule has 0 aromatic heterocycles. The Kier molecular flexibility index (Phi) is 4.77. The predicted molar refractivity (Wildman–Crippen MR) is 108 cm³/mol. The summed E-state index contributed by atoms with van der Waals surface area (Å²) in [6.07, 6.45) is 2.92. The highest BCUT2D eigenvalue weighted by Gasteiger charge is 2.48. The van der Waals surface area contributed by atoms with Crippen molar-refractivity contribution in [3.63, 3.8) is 0 Å². The number of hydrogen-bond acceptors (Lipinski definition) is 5. The second kappa shape index (κ2) is 7.59. The van der Waals surface area contributed by atoms with Gasteiger partial charge >= 0.3 is 5.97 Å². The van der Waals surface area contributed by atoms with Gasteiger partial charge in [0.05, 0.1) is 18.3 Å². The minimum absolute atomic E-state index is 0.0153. The maximum absolute atomic E-state index is 12.7. The molecule has 0 N–H and O–H groups in total. The number of benzene rings is 2. The van der Waals surface area contributed by atoms with Gasteiger partial charge in [0.2, 0.25) is 11.8 Å². The van der Waals surface area contributed by atoms with Crippen molar-refractivity contribution in [1.29, 1.82) is 0 Å². The highest BCUT2D eigenvalue weighted by Crippen LogP contribution is 2.44. The zero-order valence-electron chi connectivity index (χ0n) is 16.6. The summed E-state index contributed by atoms with van der Waals surface area (Å²) in [7, 11) is 0. The predicted octanol–water partition coefficient (Wildman–Crippen LogP) is 3.99. The molecule has 2 aliphatic heterocycles. The van der Waals surface area contributed by atoms with E-state index in [-0.39, 0.29) is 36.6 Å². The Morgan fingerprint density at radius 2 is 1.43 bits per heavy atom. The van der Waals surface area contributed by atoms with Crippen LogP contribution in [0.25, 0.3) is 0 Å². The zero-order chi connectivity index (χ0) is 20.7. The van der Waals surface area contributed by atoms with Crippen molar-refractivity contribution in [2.75, 3.05) is 6.54 Å². The largest absolute Gasteiger partial charge is 0.456 e. The molecular formula is C24H23NO5. The van der Waals surface area contributed by atoms with Crippen LogP contribution in [0.4, 0.5) is 0 Å². The number of para-hydroxylation sites is 2. The molecule has 0 radical (unpaired) electrons. The van der Waals surface area contributed by atoms with Gasteiger partial charge in [-0.1, -0.05) is 49.2 Å². The fourth-order valence-corrected chi connectivity index (χ4v) is 4.84. The van der Waals surface area contributed by atoms with Crippen LogP contribution in [0.15, 0.2) is 48.5 Å². The summed E-state index contributed by atoms with van der Waals surface area (Å²) in [6, 6.07) is 14.9. The molecule has 6 nitrogen and oxygen atoms in total. The molecule has 2 atom stereocenters. The molecule has 0 unspecified atom stereocenters. The maximum Gasteiger partial charge on any atom is 0.308 e. The first-order valence-electron chi connectivity index (χ1n) is 10.5. The quantitative estimate of drug-likeness (QED) is 0.568. The minimum Gasteiger partial charge on any atom is -0.456 e. The van der Waals surface area contributed by atoms with Crippen LogP contribution in [-0.2, 0) is 19.1 Å². The van der Waals surface area contributed by atoms with Crippen molar-refractivity contribution in [2.24, 2.45) is 11.8 Å². The van der Waals surface area contributed by atoms with Crippen LogP contribution in [-0.4, -0.2) is 29.2 Å². The van der Waals surface area contributed by atoms with Crippen LogP contribution in [0.2, 0.25) is 0 Å². The highest BCUT2D eigenvalue weighted by atomic mass is 16.5. The van der Waals surface area contributed by atoms with Crippen molar-refractivity contribution >= 4 is 17.8 Å². The lowest BCUT2D eigenvalue weighted by atomic mass is 9.81. The Bertz CT molecular complexity index is 947. The van der Waals surface area contributed by atoms with Gasteiger partial charge < -0.3 is 9.47 Å².